The summed E-state index contributed by atoms with van der Waals surface area (Å²) >= 11 is 0. The average Bonchev–Trinajstić information content (AvgIpc) is 3.44. The summed E-state index contributed by atoms with van der Waals surface area (Å²) in [4.78, 5) is 23.2. The van der Waals surface area contributed by atoms with Crippen molar-refractivity contribution in [3.8, 4) is 0 Å². The molecule has 0 heterocycles. The highest BCUT2D eigenvalue weighted by molar-refractivity contribution is 5.90. The van der Waals surface area contributed by atoms with Crippen LogP contribution in [0.25, 0.3) is 6.08 Å². The average molecular weight is 378 g/mol. The second-order valence-electron chi connectivity index (χ2n) is 7.13. The highest BCUT2D eigenvalue weighted by Gasteiger charge is 2.34. The molecule has 1 fully saturated rings. The molecule has 3 rings (SSSR count). The first-order valence-electron chi connectivity index (χ1n) is 9.55. The Morgan fingerprint density at radius 1 is 1.14 bits per heavy atom. The van der Waals surface area contributed by atoms with Crippen LogP contribution in [0.4, 0.5) is 5.69 Å². The van der Waals surface area contributed by atoms with Gasteiger partial charge < -0.3 is 15.8 Å². The van der Waals surface area contributed by atoms with Crippen LogP contribution in [0.5, 0.6) is 0 Å². The Balaban J connectivity index is 1.40. The number of rotatable bonds is 8. The van der Waals surface area contributed by atoms with Crippen LogP contribution in [-0.2, 0) is 20.7 Å². The molecule has 5 nitrogen and oxygen atoms in total. The van der Waals surface area contributed by atoms with Crippen LogP contribution >= 0.6 is 0 Å². The van der Waals surface area contributed by atoms with Crippen LogP contribution in [0.15, 0.2) is 54.6 Å². The SMILES string of the molecule is COC(=O)C=Cc1ccc(CCCC(=O)Nc2ccc(C3CC3N)cc2)cc1. The Labute approximate surface area is 165 Å². The molecule has 2 unspecified atom stereocenters. The summed E-state index contributed by atoms with van der Waals surface area (Å²) < 4.78 is 4.57. The molecule has 146 valence electrons. The number of nitrogens with one attached hydrogen (secondary N) is 1. The molecule has 1 amide bonds. The molecule has 0 aliphatic heterocycles. The van der Waals surface area contributed by atoms with Crippen molar-refractivity contribution in [3.63, 3.8) is 0 Å². The van der Waals surface area contributed by atoms with E-state index in [1.54, 1.807) is 6.08 Å². The third-order valence-corrected chi connectivity index (χ3v) is 4.92. The molecule has 1 aliphatic carbocycles. The minimum absolute atomic E-state index is 0.0218. The number of ether oxygens (including phenoxy) is 1. The van der Waals surface area contributed by atoms with E-state index >= 15 is 0 Å². The quantitative estimate of drug-likeness (QED) is 0.543. The van der Waals surface area contributed by atoms with E-state index in [1.165, 1.54) is 18.7 Å². The molecule has 5 heteroatoms. The third-order valence-electron chi connectivity index (χ3n) is 4.92. The molecule has 2 aromatic carbocycles. The standard InChI is InChI=1S/C23H26N2O3/c1-28-23(27)14-9-17-7-5-16(6-8-17)3-2-4-22(26)25-19-12-10-18(11-13-19)20-15-21(20)24/h5-14,20-21H,2-4,15,24H2,1H3,(H,25,26). The summed E-state index contributed by atoms with van der Waals surface area (Å²) in [5.41, 5.74) is 10.0. The number of carbonyl (C=O) groups is 2. The number of nitrogens with two attached hydrogens (primary N) is 1. The lowest BCUT2D eigenvalue weighted by atomic mass is 10.1. The van der Waals surface area contributed by atoms with Crippen LogP contribution in [0, 0.1) is 0 Å². The molecular formula is C23H26N2O3. The van der Waals surface area contributed by atoms with Gasteiger partial charge in [0.25, 0.3) is 0 Å². The topological polar surface area (TPSA) is 81.4 Å². The van der Waals surface area contributed by atoms with Crippen molar-refractivity contribution in [2.45, 2.75) is 37.6 Å². The number of methoxy groups -OCH3 is 1. The monoisotopic (exact) mass is 378 g/mol. The Hall–Kier alpha value is -2.92. The van der Waals surface area contributed by atoms with Gasteiger partial charge >= 0.3 is 5.97 Å². The number of hydrogen-bond acceptors (Lipinski definition) is 4. The van der Waals surface area contributed by atoms with Crippen molar-refractivity contribution >= 4 is 23.6 Å². The number of benzene rings is 2. The molecule has 0 spiro atoms. The van der Waals surface area contributed by atoms with Gasteiger partial charge in [-0.15, -0.1) is 0 Å². The maximum Gasteiger partial charge on any atom is 0.330 e. The van der Waals surface area contributed by atoms with Gasteiger partial charge in [0.05, 0.1) is 7.11 Å². The van der Waals surface area contributed by atoms with Gasteiger partial charge in [-0.3, -0.25) is 4.79 Å². The first kappa shape index (κ1) is 19.8. The van der Waals surface area contributed by atoms with E-state index < -0.39 is 0 Å². The number of amides is 1. The van der Waals surface area contributed by atoms with E-state index in [0.717, 1.165) is 36.1 Å². The minimum Gasteiger partial charge on any atom is -0.466 e. The molecule has 2 atom stereocenters. The van der Waals surface area contributed by atoms with Crippen molar-refractivity contribution < 1.29 is 14.3 Å². The first-order chi connectivity index (χ1) is 13.5. The highest BCUT2D eigenvalue weighted by atomic mass is 16.5. The number of aryl methyl sites for hydroxylation is 1. The summed E-state index contributed by atoms with van der Waals surface area (Å²) in [5.74, 6) is 0.126. The van der Waals surface area contributed by atoms with E-state index in [2.05, 4.69) is 10.1 Å². The smallest absolute Gasteiger partial charge is 0.330 e. The first-order valence-corrected chi connectivity index (χ1v) is 9.55. The lowest BCUT2D eigenvalue weighted by Gasteiger charge is -2.07. The van der Waals surface area contributed by atoms with E-state index in [9.17, 15) is 9.59 Å². The second-order valence-corrected chi connectivity index (χ2v) is 7.13. The molecule has 2 aromatic rings. The molecule has 0 aromatic heterocycles. The van der Waals surface area contributed by atoms with Gasteiger partial charge in [0.2, 0.25) is 5.91 Å². The Bertz CT molecular complexity index is 841. The molecular weight excluding hydrogens is 352 g/mol. The van der Waals surface area contributed by atoms with Crippen LogP contribution in [-0.4, -0.2) is 25.0 Å². The van der Waals surface area contributed by atoms with Gasteiger partial charge in [-0.05, 0) is 54.2 Å². The predicted molar refractivity (Wildman–Crippen MR) is 111 cm³/mol. The zero-order chi connectivity index (χ0) is 19.9. The normalized spacial score (nSPS) is 18.1. The van der Waals surface area contributed by atoms with Gasteiger partial charge in [0, 0.05) is 30.1 Å². The second kappa shape index (κ2) is 9.33. The number of esters is 1. The fraction of sp³-hybridized carbons (Fsp3) is 0.304. The van der Waals surface area contributed by atoms with Gasteiger partial charge in [0.1, 0.15) is 0 Å². The minimum atomic E-state index is -0.374. The molecule has 0 radical (unpaired) electrons. The summed E-state index contributed by atoms with van der Waals surface area (Å²) in [6.45, 7) is 0. The van der Waals surface area contributed by atoms with Crippen molar-refractivity contribution in [1.82, 2.24) is 0 Å². The van der Waals surface area contributed by atoms with Crippen molar-refractivity contribution in [2.24, 2.45) is 5.73 Å². The molecule has 28 heavy (non-hydrogen) atoms. The van der Waals surface area contributed by atoms with Crippen LogP contribution in [0.1, 0.15) is 41.9 Å². The zero-order valence-electron chi connectivity index (χ0n) is 16.1. The van der Waals surface area contributed by atoms with E-state index in [-0.39, 0.29) is 11.9 Å². The number of hydrogen-bond donors (Lipinski definition) is 2. The van der Waals surface area contributed by atoms with E-state index in [0.29, 0.717) is 18.4 Å². The largest absolute Gasteiger partial charge is 0.466 e. The molecule has 1 aliphatic rings. The number of carbonyl (C=O) groups excluding carboxylic acids is 2. The predicted octanol–water partition coefficient (Wildman–Crippen LogP) is 3.65. The van der Waals surface area contributed by atoms with Crippen molar-refractivity contribution in [2.75, 3.05) is 12.4 Å². The maximum atomic E-state index is 12.1. The van der Waals surface area contributed by atoms with Gasteiger partial charge in [-0.2, -0.15) is 0 Å². The van der Waals surface area contributed by atoms with Crippen molar-refractivity contribution in [1.29, 1.82) is 0 Å². The van der Waals surface area contributed by atoms with E-state index in [1.807, 2.05) is 48.5 Å². The summed E-state index contributed by atoms with van der Waals surface area (Å²) in [6.07, 6.45) is 6.23. The Morgan fingerprint density at radius 2 is 1.82 bits per heavy atom. The lowest BCUT2D eigenvalue weighted by molar-refractivity contribution is -0.134. The summed E-state index contributed by atoms with van der Waals surface area (Å²) in [5, 5.41) is 2.94. The number of anilines is 1. The van der Waals surface area contributed by atoms with E-state index in [4.69, 9.17) is 5.73 Å². The Kier molecular flexibility index (Phi) is 6.61. The lowest BCUT2D eigenvalue weighted by Crippen LogP contribution is -2.11. The summed E-state index contributed by atoms with van der Waals surface area (Å²) in [7, 11) is 1.35. The fourth-order valence-corrected chi connectivity index (χ4v) is 3.12. The molecule has 0 bridgehead atoms. The molecule has 3 N–H and O–H groups in total. The van der Waals surface area contributed by atoms with Gasteiger partial charge in [-0.25, -0.2) is 4.79 Å². The van der Waals surface area contributed by atoms with Crippen LogP contribution in [0.2, 0.25) is 0 Å². The van der Waals surface area contributed by atoms with Gasteiger partial charge in [0.15, 0.2) is 0 Å². The molecule has 1 saturated carbocycles. The van der Waals surface area contributed by atoms with Crippen LogP contribution in [0.3, 0.4) is 0 Å². The fourth-order valence-electron chi connectivity index (χ4n) is 3.12. The third kappa shape index (κ3) is 5.79. The Morgan fingerprint density at radius 3 is 2.43 bits per heavy atom. The molecule has 0 saturated heterocycles. The van der Waals surface area contributed by atoms with Gasteiger partial charge in [-0.1, -0.05) is 36.4 Å². The zero-order valence-corrected chi connectivity index (χ0v) is 16.1. The van der Waals surface area contributed by atoms with Crippen molar-refractivity contribution in [3.05, 3.63) is 71.3 Å². The van der Waals surface area contributed by atoms with Crippen LogP contribution < -0.4 is 11.1 Å². The maximum absolute atomic E-state index is 12.1. The highest BCUT2D eigenvalue weighted by Crippen LogP contribution is 2.39. The summed E-state index contributed by atoms with van der Waals surface area (Å²) in [6, 6.07) is 16.2.